The zero-order valence-electron chi connectivity index (χ0n) is 11.6. The molecule has 1 aromatic carbocycles. The van der Waals surface area contributed by atoms with Crippen LogP contribution in [-0.2, 0) is 10.0 Å². The molecule has 0 saturated heterocycles. The number of nitrogens with zero attached hydrogens (tertiary/aromatic N) is 2. The summed E-state index contributed by atoms with van der Waals surface area (Å²) in [6.07, 6.45) is 6.48. The number of rotatable bonds is 2. The summed E-state index contributed by atoms with van der Waals surface area (Å²) >= 11 is 5.87. The SMILES string of the molecule is NN1C(CC2CCCCC2)=NS(=O)(=O)c2cc(Cl)ccc21. The van der Waals surface area contributed by atoms with E-state index >= 15 is 0 Å². The van der Waals surface area contributed by atoms with Gasteiger partial charge in [0.1, 0.15) is 10.7 Å². The summed E-state index contributed by atoms with van der Waals surface area (Å²) in [5.41, 5.74) is 0.445. The van der Waals surface area contributed by atoms with Gasteiger partial charge in [-0.3, -0.25) is 5.01 Å². The van der Waals surface area contributed by atoms with E-state index < -0.39 is 10.0 Å². The van der Waals surface area contributed by atoms with Gasteiger partial charge in [-0.2, -0.15) is 8.42 Å². The van der Waals surface area contributed by atoms with Crippen LogP contribution in [0.15, 0.2) is 27.5 Å². The fourth-order valence-corrected chi connectivity index (χ4v) is 4.53. The molecule has 0 unspecified atom stereocenters. The maximum Gasteiger partial charge on any atom is 0.286 e. The highest BCUT2D eigenvalue weighted by molar-refractivity contribution is 7.90. The number of fused-ring (bicyclic) bond motifs is 1. The summed E-state index contributed by atoms with van der Waals surface area (Å²) in [6.45, 7) is 0. The Hall–Kier alpha value is -1.11. The fourth-order valence-electron chi connectivity index (χ4n) is 3.05. The largest absolute Gasteiger partial charge is 0.286 e. The second kappa shape index (κ2) is 5.59. The van der Waals surface area contributed by atoms with Gasteiger partial charge in [-0.1, -0.05) is 43.7 Å². The Labute approximate surface area is 129 Å². The Morgan fingerprint density at radius 3 is 2.71 bits per heavy atom. The molecular formula is C14H18ClN3O2S. The maximum absolute atomic E-state index is 12.3. The van der Waals surface area contributed by atoms with Crippen molar-refractivity contribution in [1.82, 2.24) is 0 Å². The van der Waals surface area contributed by atoms with Gasteiger partial charge >= 0.3 is 0 Å². The van der Waals surface area contributed by atoms with Crippen molar-refractivity contribution >= 4 is 33.1 Å². The number of hydrogen-bond donors (Lipinski definition) is 1. The van der Waals surface area contributed by atoms with Gasteiger partial charge in [0.2, 0.25) is 0 Å². The number of halogens is 1. The molecule has 1 saturated carbocycles. The molecule has 0 aromatic heterocycles. The first-order valence-corrected chi connectivity index (χ1v) is 8.97. The molecule has 2 aliphatic rings. The number of hydrogen-bond acceptors (Lipinski definition) is 4. The third kappa shape index (κ3) is 2.93. The summed E-state index contributed by atoms with van der Waals surface area (Å²) in [7, 11) is -3.72. The highest BCUT2D eigenvalue weighted by Crippen LogP contribution is 2.35. The van der Waals surface area contributed by atoms with Crippen molar-refractivity contribution in [3.05, 3.63) is 23.2 Å². The van der Waals surface area contributed by atoms with E-state index in [0.29, 0.717) is 28.9 Å². The quantitative estimate of drug-likeness (QED) is 0.847. The Morgan fingerprint density at radius 1 is 1.29 bits per heavy atom. The zero-order chi connectivity index (χ0) is 15.0. The lowest BCUT2D eigenvalue weighted by atomic mass is 9.86. The summed E-state index contributed by atoms with van der Waals surface area (Å²) in [6, 6.07) is 4.66. The highest BCUT2D eigenvalue weighted by atomic mass is 35.5. The van der Waals surface area contributed by atoms with Crippen molar-refractivity contribution in [3.8, 4) is 0 Å². The monoisotopic (exact) mass is 327 g/mol. The Morgan fingerprint density at radius 2 is 2.00 bits per heavy atom. The Balaban J connectivity index is 1.93. The number of benzene rings is 1. The molecule has 3 rings (SSSR count). The standard InChI is InChI=1S/C14H18ClN3O2S/c15-11-6-7-12-13(9-11)21(19,20)17-14(18(12)16)8-10-4-2-1-3-5-10/h6-7,9-10H,1-5,8,16H2. The van der Waals surface area contributed by atoms with Crippen LogP contribution in [0, 0.1) is 5.92 Å². The Bertz CT molecular complexity index is 681. The van der Waals surface area contributed by atoms with Crippen molar-refractivity contribution in [2.24, 2.45) is 16.2 Å². The van der Waals surface area contributed by atoms with Gasteiger partial charge in [-0.05, 0) is 24.1 Å². The van der Waals surface area contributed by atoms with Crippen LogP contribution in [0.25, 0.3) is 0 Å². The van der Waals surface area contributed by atoms with E-state index in [1.54, 1.807) is 12.1 Å². The molecule has 2 N–H and O–H groups in total. The third-order valence-corrected chi connectivity index (χ3v) is 5.73. The minimum atomic E-state index is -3.72. The third-order valence-electron chi connectivity index (χ3n) is 4.16. The van der Waals surface area contributed by atoms with E-state index in [1.165, 1.54) is 30.3 Å². The number of nitrogens with two attached hydrogens (primary N) is 1. The zero-order valence-corrected chi connectivity index (χ0v) is 13.2. The van der Waals surface area contributed by atoms with Crippen molar-refractivity contribution in [1.29, 1.82) is 0 Å². The highest BCUT2D eigenvalue weighted by Gasteiger charge is 2.31. The van der Waals surface area contributed by atoms with Crippen LogP contribution in [0.5, 0.6) is 0 Å². The molecule has 1 aliphatic heterocycles. The molecule has 1 fully saturated rings. The van der Waals surface area contributed by atoms with Gasteiger partial charge in [0.15, 0.2) is 0 Å². The van der Waals surface area contributed by atoms with Gasteiger partial charge < -0.3 is 0 Å². The lowest BCUT2D eigenvalue weighted by Crippen LogP contribution is -2.42. The molecule has 114 valence electrons. The van der Waals surface area contributed by atoms with Crippen LogP contribution >= 0.6 is 11.6 Å². The molecule has 0 spiro atoms. The lowest BCUT2D eigenvalue weighted by Gasteiger charge is -2.30. The van der Waals surface area contributed by atoms with Crippen LogP contribution in [-0.4, -0.2) is 14.3 Å². The Kier molecular flexibility index (Phi) is 3.94. The summed E-state index contributed by atoms with van der Waals surface area (Å²) in [5, 5.41) is 1.75. The average molecular weight is 328 g/mol. The molecular weight excluding hydrogens is 310 g/mol. The van der Waals surface area contributed by atoms with Gasteiger partial charge in [-0.25, -0.2) is 5.84 Å². The van der Waals surface area contributed by atoms with Crippen molar-refractivity contribution in [3.63, 3.8) is 0 Å². The first-order valence-electron chi connectivity index (χ1n) is 7.15. The van der Waals surface area contributed by atoms with E-state index in [2.05, 4.69) is 4.40 Å². The first kappa shape index (κ1) is 14.8. The smallest absolute Gasteiger partial charge is 0.264 e. The lowest BCUT2D eigenvalue weighted by molar-refractivity contribution is 0.367. The van der Waals surface area contributed by atoms with Crippen molar-refractivity contribution < 1.29 is 8.42 Å². The number of amidine groups is 1. The van der Waals surface area contributed by atoms with E-state index in [-0.39, 0.29) is 4.90 Å². The molecule has 1 aromatic rings. The van der Waals surface area contributed by atoms with Crippen LogP contribution in [0.4, 0.5) is 5.69 Å². The molecule has 7 heteroatoms. The van der Waals surface area contributed by atoms with Gasteiger partial charge in [0, 0.05) is 11.4 Å². The van der Waals surface area contributed by atoms with Crippen LogP contribution in [0.3, 0.4) is 0 Å². The number of sulfonamides is 1. The number of hydrazine groups is 1. The summed E-state index contributed by atoms with van der Waals surface area (Å²) < 4.78 is 28.5. The van der Waals surface area contributed by atoms with Crippen LogP contribution in [0.2, 0.25) is 5.02 Å². The summed E-state index contributed by atoms with van der Waals surface area (Å²) in [4.78, 5) is 0.0740. The molecule has 0 amide bonds. The normalized spacial score (nSPS) is 21.8. The van der Waals surface area contributed by atoms with Crippen molar-refractivity contribution in [2.75, 3.05) is 5.01 Å². The maximum atomic E-state index is 12.3. The minimum Gasteiger partial charge on any atom is -0.264 e. The van der Waals surface area contributed by atoms with E-state index in [1.807, 2.05) is 0 Å². The minimum absolute atomic E-state index is 0.0740. The van der Waals surface area contributed by atoms with Gasteiger partial charge in [0.25, 0.3) is 10.0 Å². The molecule has 1 aliphatic carbocycles. The predicted molar refractivity (Wildman–Crippen MR) is 83.9 cm³/mol. The van der Waals surface area contributed by atoms with E-state index in [0.717, 1.165) is 12.8 Å². The number of anilines is 1. The molecule has 0 bridgehead atoms. The van der Waals surface area contributed by atoms with E-state index in [9.17, 15) is 8.42 Å². The molecule has 1 heterocycles. The molecule has 0 atom stereocenters. The van der Waals surface area contributed by atoms with Crippen molar-refractivity contribution in [2.45, 2.75) is 43.4 Å². The second-order valence-corrected chi connectivity index (χ2v) is 7.68. The predicted octanol–water partition coefficient (Wildman–Crippen LogP) is 3.09. The first-order chi connectivity index (χ1) is 9.97. The molecule has 5 nitrogen and oxygen atoms in total. The molecule has 21 heavy (non-hydrogen) atoms. The topological polar surface area (TPSA) is 75.8 Å². The summed E-state index contributed by atoms with van der Waals surface area (Å²) in [5.74, 6) is 6.97. The average Bonchev–Trinajstić information content (AvgIpc) is 2.45. The fraction of sp³-hybridized carbons (Fsp3) is 0.500. The van der Waals surface area contributed by atoms with Crippen LogP contribution < -0.4 is 10.9 Å². The van der Waals surface area contributed by atoms with Crippen LogP contribution in [0.1, 0.15) is 38.5 Å². The van der Waals surface area contributed by atoms with E-state index in [4.69, 9.17) is 17.4 Å². The molecule has 0 radical (unpaired) electrons. The second-order valence-electron chi connectivity index (χ2n) is 5.67. The van der Waals surface area contributed by atoms with Gasteiger partial charge in [-0.15, -0.1) is 4.40 Å². The van der Waals surface area contributed by atoms with Gasteiger partial charge in [0.05, 0.1) is 5.69 Å².